The molecule has 5 atom stereocenters. The first-order valence-electron chi connectivity index (χ1n) is 11.8. The average molecular weight is 427 g/mol. The number of rotatable bonds is 5. The smallest absolute Gasteiger partial charge is 0.249 e. The molecule has 2 amide bonds. The third-order valence-corrected chi connectivity index (χ3v) is 7.17. The van der Waals surface area contributed by atoms with Crippen LogP contribution in [0.5, 0.6) is 0 Å². The van der Waals surface area contributed by atoms with Crippen molar-refractivity contribution >= 4 is 11.8 Å². The third kappa shape index (κ3) is 4.89. The molecule has 170 valence electrons. The van der Waals surface area contributed by atoms with Crippen molar-refractivity contribution in [3.8, 4) is 0 Å². The maximum absolute atomic E-state index is 13.0. The highest BCUT2D eigenvalue weighted by Crippen LogP contribution is 2.38. The van der Waals surface area contributed by atoms with Crippen LogP contribution in [0.25, 0.3) is 0 Å². The largest absolute Gasteiger partial charge is 0.373 e. The van der Waals surface area contributed by atoms with Crippen molar-refractivity contribution in [2.24, 2.45) is 11.8 Å². The van der Waals surface area contributed by atoms with Crippen LogP contribution in [0.4, 0.5) is 0 Å². The second-order valence-corrected chi connectivity index (χ2v) is 10.9. The molecular weight excluding hydrogens is 388 g/mol. The topological polar surface area (TPSA) is 64.7 Å². The predicted octanol–water partition coefficient (Wildman–Crippen LogP) is 2.59. The zero-order valence-corrected chi connectivity index (χ0v) is 19.6. The van der Waals surface area contributed by atoms with Gasteiger partial charge in [0, 0.05) is 48.9 Å². The highest BCUT2D eigenvalue weighted by molar-refractivity contribution is 5.95. The van der Waals surface area contributed by atoms with Gasteiger partial charge >= 0.3 is 0 Å². The van der Waals surface area contributed by atoms with E-state index < -0.39 is 0 Å². The lowest BCUT2D eigenvalue weighted by Crippen LogP contribution is -2.52. The number of nitrogens with zero attached hydrogens (tertiary/aromatic N) is 2. The minimum atomic E-state index is -0.192. The molecule has 2 fully saturated rings. The van der Waals surface area contributed by atoms with Gasteiger partial charge in [0.05, 0.1) is 12.6 Å². The van der Waals surface area contributed by atoms with Gasteiger partial charge in [-0.15, -0.1) is 0 Å². The quantitative estimate of drug-likeness (QED) is 0.709. The lowest BCUT2D eigenvalue weighted by Gasteiger charge is -2.39. The number of likely N-dealkylation sites (N-methyl/N-ethyl adjacent to an activating group) is 1. The van der Waals surface area contributed by atoms with E-state index in [0.717, 1.165) is 37.8 Å². The molecule has 31 heavy (non-hydrogen) atoms. The molecular formula is C25H38N4O2. The molecule has 6 nitrogen and oxygen atoms in total. The Morgan fingerprint density at radius 1 is 1.16 bits per heavy atom. The maximum Gasteiger partial charge on any atom is 0.249 e. The summed E-state index contributed by atoms with van der Waals surface area (Å²) in [6, 6.07) is 1.17. The Balaban J connectivity index is 1.29. The summed E-state index contributed by atoms with van der Waals surface area (Å²) >= 11 is 0. The first kappa shape index (κ1) is 22.1. The number of hydrogen-bond donors (Lipinski definition) is 2. The van der Waals surface area contributed by atoms with E-state index in [1.807, 2.05) is 34.0 Å². The molecule has 3 unspecified atom stereocenters. The Hall–Kier alpha value is -2.08. The van der Waals surface area contributed by atoms with Gasteiger partial charge in [0.1, 0.15) is 0 Å². The standard InChI is InChI=1S/C25H38N4O2/c1-16-6-9-22-20(10-16)21(14-28(22)5)24(31)26-13-17-11-18-7-8-19(12-17)29(18)15-23(30)27-25(2,3)4/h6,9-10,14,17-20,22H,7-8,11-13,15H2,1-5H3,(H,26,31)(H,27,30)/t17?,18-,19+,20?,22?. The zero-order chi connectivity index (χ0) is 22.3. The Morgan fingerprint density at radius 3 is 2.48 bits per heavy atom. The van der Waals surface area contributed by atoms with E-state index in [-0.39, 0.29) is 29.3 Å². The molecule has 0 aromatic heterocycles. The Morgan fingerprint density at radius 2 is 1.84 bits per heavy atom. The van der Waals surface area contributed by atoms with Crippen LogP contribution >= 0.6 is 0 Å². The van der Waals surface area contributed by atoms with Crippen LogP contribution in [0.3, 0.4) is 0 Å². The molecule has 1 aliphatic carbocycles. The fourth-order valence-corrected chi connectivity index (χ4v) is 5.85. The van der Waals surface area contributed by atoms with Crippen LogP contribution in [0.15, 0.2) is 35.6 Å². The van der Waals surface area contributed by atoms with Crippen LogP contribution < -0.4 is 10.6 Å². The molecule has 3 heterocycles. The van der Waals surface area contributed by atoms with Crippen molar-refractivity contribution in [3.63, 3.8) is 0 Å². The number of amides is 2. The minimum absolute atomic E-state index is 0.0676. The van der Waals surface area contributed by atoms with Crippen molar-refractivity contribution in [1.29, 1.82) is 0 Å². The molecule has 2 N–H and O–H groups in total. The molecule has 0 aromatic carbocycles. The van der Waals surface area contributed by atoms with E-state index in [0.29, 0.717) is 24.5 Å². The molecule has 0 saturated carbocycles. The fourth-order valence-electron chi connectivity index (χ4n) is 5.85. The van der Waals surface area contributed by atoms with Crippen molar-refractivity contribution < 1.29 is 9.59 Å². The SMILES string of the molecule is CC1=CC2C(C(=O)NCC3C[C@H]4CC[C@@H](C3)N4CC(=O)NC(C)(C)C)=CN(C)C2C=C1. The Kier molecular flexibility index (Phi) is 6.03. The summed E-state index contributed by atoms with van der Waals surface area (Å²) in [5, 5.41) is 6.32. The molecule has 0 spiro atoms. The molecule has 0 aromatic rings. The highest BCUT2D eigenvalue weighted by Gasteiger charge is 2.42. The minimum Gasteiger partial charge on any atom is -0.373 e. The second-order valence-electron chi connectivity index (χ2n) is 10.9. The predicted molar refractivity (Wildman–Crippen MR) is 123 cm³/mol. The van der Waals surface area contributed by atoms with Gasteiger partial charge in [-0.25, -0.2) is 0 Å². The van der Waals surface area contributed by atoms with Gasteiger partial charge in [0.25, 0.3) is 0 Å². The van der Waals surface area contributed by atoms with Gasteiger partial charge in [0.15, 0.2) is 0 Å². The van der Waals surface area contributed by atoms with Crippen molar-refractivity contribution in [3.05, 3.63) is 35.6 Å². The first-order valence-corrected chi connectivity index (χ1v) is 11.8. The van der Waals surface area contributed by atoms with Crippen LogP contribution in [-0.2, 0) is 9.59 Å². The summed E-state index contributed by atoms with van der Waals surface area (Å²) in [4.78, 5) is 30.0. The zero-order valence-electron chi connectivity index (χ0n) is 19.6. The van der Waals surface area contributed by atoms with E-state index in [1.165, 1.54) is 5.57 Å². The van der Waals surface area contributed by atoms with Crippen molar-refractivity contribution in [2.45, 2.75) is 77.0 Å². The van der Waals surface area contributed by atoms with Gasteiger partial charge in [-0.05, 0) is 59.3 Å². The fraction of sp³-hybridized carbons (Fsp3) is 0.680. The molecule has 6 heteroatoms. The number of carbonyl (C=O) groups excluding carboxylic acids is 2. The summed E-state index contributed by atoms with van der Waals surface area (Å²) in [7, 11) is 2.04. The van der Waals surface area contributed by atoms with E-state index >= 15 is 0 Å². The Labute approximate surface area is 186 Å². The summed E-state index contributed by atoms with van der Waals surface area (Å²) < 4.78 is 0. The van der Waals surface area contributed by atoms with E-state index in [9.17, 15) is 9.59 Å². The maximum atomic E-state index is 13.0. The summed E-state index contributed by atoms with van der Waals surface area (Å²) in [6.45, 7) is 9.38. The van der Waals surface area contributed by atoms with Crippen LogP contribution in [0.1, 0.15) is 53.4 Å². The van der Waals surface area contributed by atoms with E-state index in [2.05, 4.69) is 45.6 Å². The first-order chi connectivity index (χ1) is 14.6. The molecule has 4 rings (SSSR count). The highest BCUT2D eigenvalue weighted by atomic mass is 16.2. The molecule has 3 aliphatic heterocycles. The summed E-state index contributed by atoms with van der Waals surface area (Å²) in [6.07, 6.45) is 13.0. The summed E-state index contributed by atoms with van der Waals surface area (Å²) in [5.41, 5.74) is 1.90. The molecule has 0 radical (unpaired) electrons. The number of hydrogen-bond acceptors (Lipinski definition) is 4. The number of piperidine rings is 1. The monoisotopic (exact) mass is 426 g/mol. The van der Waals surface area contributed by atoms with Gasteiger partial charge in [-0.3, -0.25) is 14.5 Å². The lowest BCUT2D eigenvalue weighted by atomic mass is 9.87. The number of carbonyl (C=O) groups is 2. The lowest BCUT2D eigenvalue weighted by molar-refractivity contribution is -0.125. The average Bonchev–Trinajstić information content (AvgIpc) is 3.10. The van der Waals surface area contributed by atoms with Gasteiger partial charge in [-0.2, -0.15) is 0 Å². The molecule has 4 aliphatic rings. The van der Waals surface area contributed by atoms with E-state index in [4.69, 9.17) is 0 Å². The van der Waals surface area contributed by atoms with Crippen molar-refractivity contribution in [1.82, 2.24) is 20.4 Å². The number of fused-ring (bicyclic) bond motifs is 3. The third-order valence-electron chi connectivity index (χ3n) is 7.17. The van der Waals surface area contributed by atoms with Crippen LogP contribution in [-0.4, -0.2) is 65.4 Å². The van der Waals surface area contributed by atoms with E-state index in [1.54, 1.807) is 0 Å². The molecule has 2 bridgehead atoms. The normalized spacial score (nSPS) is 32.4. The second kappa shape index (κ2) is 8.45. The number of allylic oxidation sites excluding steroid dienone is 2. The van der Waals surface area contributed by atoms with Gasteiger partial charge < -0.3 is 15.5 Å². The van der Waals surface area contributed by atoms with Gasteiger partial charge in [0.2, 0.25) is 11.8 Å². The van der Waals surface area contributed by atoms with Gasteiger partial charge in [-0.1, -0.05) is 23.8 Å². The molecule has 2 saturated heterocycles. The Bertz CT molecular complexity index is 808. The van der Waals surface area contributed by atoms with Crippen LogP contribution in [0, 0.1) is 11.8 Å². The van der Waals surface area contributed by atoms with Crippen LogP contribution in [0.2, 0.25) is 0 Å². The van der Waals surface area contributed by atoms with Crippen molar-refractivity contribution in [2.75, 3.05) is 20.1 Å². The number of nitrogens with one attached hydrogen (secondary N) is 2. The summed E-state index contributed by atoms with van der Waals surface area (Å²) in [5.74, 6) is 0.822.